The molecule has 11 nitrogen and oxygen atoms in total. The molecule has 11 heteroatoms. The second kappa shape index (κ2) is 8.46. The van der Waals surface area contributed by atoms with Crippen molar-refractivity contribution in [3.63, 3.8) is 0 Å². The van der Waals surface area contributed by atoms with Crippen molar-refractivity contribution in [3.8, 4) is 5.69 Å². The molecule has 1 aromatic heterocycles. The molecule has 0 aliphatic rings. The molecule has 1 amide bonds. The van der Waals surface area contributed by atoms with Crippen molar-refractivity contribution in [2.24, 2.45) is 7.05 Å². The molecule has 1 heterocycles. The van der Waals surface area contributed by atoms with Crippen LogP contribution in [0.4, 0.5) is 17.1 Å². The summed E-state index contributed by atoms with van der Waals surface area (Å²) in [5.41, 5.74) is -0.718. The maximum atomic E-state index is 13.4. The number of amides is 1. The minimum absolute atomic E-state index is 0.0884. The number of nitro benzene ring substituents is 2. The molecule has 0 radical (unpaired) electrons. The van der Waals surface area contributed by atoms with Gasteiger partial charge in [0.25, 0.3) is 22.8 Å². The third-order valence-corrected chi connectivity index (χ3v) is 5.07. The second-order valence-electron chi connectivity index (χ2n) is 7.43. The number of anilines is 1. The van der Waals surface area contributed by atoms with E-state index in [1.54, 1.807) is 56.8 Å². The fourth-order valence-electron chi connectivity index (χ4n) is 3.49. The third-order valence-electron chi connectivity index (χ3n) is 5.07. The summed E-state index contributed by atoms with van der Waals surface area (Å²) < 4.78 is 3.01. The van der Waals surface area contributed by atoms with Gasteiger partial charge in [0.05, 0.1) is 32.9 Å². The highest BCUT2D eigenvalue weighted by atomic mass is 16.6. The Morgan fingerprint density at radius 2 is 1.53 bits per heavy atom. The Morgan fingerprint density at radius 1 is 1.00 bits per heavy atom. The van der Waals surface area contributed by atoms with Gasteiger partial charge >= 0.3 is 0 Å². The van der Waals surface area contributed by atoms with Gasteiger partial charge in [-0.25, -0.2) is 4.68 Å². The van der Waals surface area contributed by atoms with Gasteiger partial charge in [-0.05, 0) is 32.9 Å². The maximum Gasteiger partial charge on any atom is 0.295 e. The summed E-state index contributed by atoms with van der Waals surface area (Å²) in [4.78, 5) is 48.9. The van der Waals surface area contributed by atoms with E-state index in [-0.39, 0.29) is 11.3 Å². The van der Waals surface area contributed by atoms with Crippen molar-refractivity contribution in [2.75, 3.05) is 4.90 Å². The Balaban J connectivity index is 2.21. The molecular weight excluding hydrogens is 418 g/mol. The highest BCUT2D eigenvalue weighted by Crippen LogP contribution is 2.27. The van der Waals surface area contributed by atoms with E-state index in [1.807, 2.05) is 6.07 Å². The predicted octanol–water partition coefficient (Wildman–Crippen LogP) is 3.36. The number of rotatable bonds is 6. The molecule has 2 aromatic carbocycles. The molecule has 0 saturated heterocycles. The van der Waals surface area contributed by atoms with Crippen LogP contribution < -0.4 is 10.5 Å². The summed E-state index contributed by atoms with van der Waals surface area (Å²) >= 11 is 0. The minimum Gasteiger partial charge on any atom is -0.299 e. The number of benzene rings is 2. The highest BCUT2D eigenvalue weighted by Gasteiger charge is 2.31. The fourth-order valence-corrected chi connectivity index (χ4v) is 3.49. The van der Waals surface area contributed by atoms with Crippen molar-refractivity contribution < 1.29 is 14.6 Å². The molecule has 3 rings (SSSR count). The van der Waals surface area contributed by atoms with Crippen LogP contribution in [0.5, 0.6) is 0 Å². The molecule has 0 atom stereocenters. The molecular formula is C21H21N5O6. The monoisotopic (exact) mass is 439 g/mol. The summed E-state index contributed by atoms with van der Waals surface area (Å²) in [6.07, 6.45) is 0. The van der Waals surface area contributed by atoms with Gasteiger partial charge in [0.1, 0.15) is 5.69 Å². The van der Waals surface area contributed by atoms with Gasteiger partial charge in [0, 0.05) is 25.2 Å². The largest absolute Gasteiger partial charge is 0.299 e. The van der Waals surface area contributed by atoms with E-state index in [1.165, 1.54) is 9.58 Å². The van der Waals surface area contributed by atoms with Gasteiger partial charge in [0.2, 0.25) is 0 Å². The number of carbonyl (C=O) groups excluding carboxylic acids is 1. The van der Waals surface area contributed by atoms with Gasteiger partial charge in [-0.3, -0.25) is 39.4 Å². The number of hydrogen-bond acceptors (Lipinski definition) is 6. The first-order valence-corrected chi connectivity index (χ1v) is 9.66. The van der Waals surface area contributed by atoms with E-state index in [0.29, 0.717) is 11.4 Å². The summed E-state index contributed by atoms with van der Waals surface area (Å²) in [6, 6.07) is 11.1. The lowest BCUT2D eigenvalue weighted by Gasteiger charge is -2.25. The zero-order chi connectivity index (χ0) is 23.7. The molecule has 0 unspecified atom stereocenters. The summed E-state index contributed by atoms with van der Waals surface area (Å²) in [5, 5.41) is 22.5. The van der Waals surface area contributed by atoms with Crippen LogP contribution in [-0.2, 0) is 7.05 Å². The first-order valence-electron chi connectivity index (χ1n) is 9.66. The number of non-ortho nitro benzene ring substituents is 2. The zero-order valence-electron chi connectivity index (χ0n) is 17.9. The topological polar surface area (TPSA) is 134 Å². The molecule has 3 aromatic rings. The van der Waals surface area contributed by atoms with Crippen LogP contribution in [0, 0.1) is 27.2 Å². The Bertz CT molecular complexity index is 1240. The Kier molecular flexibility index (Phi) is 5.92. The minimum atomic E-state index is -0.806. The summed E-state index contributed by atoms with van der Waals surface area (Å²) in [5.74, 6) is -0.752. The van der Waals surface area contributed by atoms with Gasteiger partial charge < -0.3 is 0 Å². The molecule has 0 aliphatic heterocycles. The summed E-state index contributed by atoms with van der Waals surface area (Å²) in [7, 11) is 1.68. The molecule has 0 N–H and O–H groups in total. The number of para-hydroxylation sites is 1. The molecule has 0 bridgehead atoms. The normalized spacial score (nSPS) is 10.9. The SMILES string of the molecule is Cc1c(N(C(=O)c2cc([N+](=O)[O-])cc([N+](=O)[O-])c2)C(C)C)c(=O)n(-c2ccccc2)n1C. The van der Waals surface area contributed by atoms with Crippen LogP contribution in [0.2, 0.25) is 0 Å². The van der Waals surface area contributed by atoms with Crippen molar-refractivity contribution >= 4 is 23.0 Å². The van der Waals surface area contributed by atoms with E-state index >= 15 is 0 Å². The van der Waals surface area contributed by atoms with E-state index in [9.17, 15) is 29.8 Å². The highest BCUT2D eigenvalue weighted by molar-refractivity contribution is 6.07. The smallest absolute Gasteiger partial charge is 0.295 e. The number of hydrogen-bond donors (Lipinski definition) is 0. The van der Waals surface area contributed by atoms with Crippen molar-refractivity contribution in [2.45, 2.75) is 26.8 Å². The standard InChI is InChI=1S/C21H21N5O6/c1-13(2)23(20(27)15-10-17(25(29)30)12-18(11-15)26(31)32)19-14(3)22(4)24(21(19)28)16-8-6-5-7-9-16/h5-13H,1-4H3. The van der Waals surface area contributed by atoms with Crippen LogP contribution in [0.15, 0.2) is 53.3 Å². The van der Waals surface area contributed by atoms with Crippen LogP contribution in [0.25, 0.3) is 5.69 Å². The molecule has 166 valence electrons. The number of aromatic nitrogens is 2. The Morgan fingerprint density at radius 3 is 2.00 bits per heavy atom. The second-order valence-corrected chi connectivity index (χ2v) is 7.43. The van der Waals surface area contributed by atoms with Crippen molar-refractivity contribution in [1.29, 1.82) is 0 Å². The quantitative estimate of drug-likeness (QED) is 0.427. The summed E-state index contributed by atoms with van der Waals surface area (Å²) in [6.45, 7) is 5.04. The van der Waals surface area contributed by atoms with Gasteiger partial charge in [-0.1, -0.05) is 18.2 Å². The van der Waals surface area contributed by atoms with Gasteiger partial charge in [0.15, 0.2) is 0 Å². The van der Waals surface area contributed by atoms with E-state index in [2.05, 4.69) is 0 Å². The zero-order valence-corrected chi connectivity index (χ0v) is 17.9. The lowest BCUT2D eigenvalue weighted by Crippen LogP contribution is -2.40. The van der Waals surface area contributed by atoms with Crippen molar-refractivity contribution in [3.05, 3.63) is 90.4 Å². The van der Waals surface area contributed by atoms with Gasteiger partial charge in [-0.15, -0.1) is 0 Å². The maximum absolute atomic E-state index is 13.4. The molecule has 0 spiro atoms. The van der Waals surface area contributed by atoms with Crippen LogP contribution >= 0.6 is 0 Å². The third kappa shape index (κ3) is 3.87. The van der Waals surface area contributed by atoms with E-state index in [4.69, 9.17) is 0 Å². The number of carbonyl (C=O) groups is 1. The number of nitro groups is 2. The average molecular weight is 439 g/mol. The first-order chi connectivity index (χ1) is 15.0. The van der Waals surface area contributed by atoms with Crippen LogP contribution in [0.1, 0.15) is 29.9 Å². The molecule has 32 heavy (non-hydrogen) atoms. The first kappa shape index (κ1) is 22.4. The fraction of sp³-hybridized carbons (Fsp3) is 0.238. The predicted molar refractivity (Wildman–Crippen MR) is 117 cm³/mol. The Hall–Kier alpha value is -4.28. The van der Waals surface area contributed by atoms with Crippen LogP contribution in [-0.4, -0.2) is 31.2 Å². The van der Waals surface area contributed by atoms with Gasteiger partial charge in [-0.2, -0.15) is 0 Å². The molecule has 0 aliphatic carbocycles. The van der Waals surface area contributed by atoms with E-state index in [0.717, 1.165) is 18.2 Å². The van der Waals surface area contributed by atoms with Crippen LogP contribution in [0.3, 0.4) is 0 Å². The Labute approximate surface area is 182 Å². The molecule has 0 fully saturated rings. The average Bonchev–Trinajstić information content (AvgIpc) is 2.97. The lowest BCUT2D eigenvalue weighted by atomic mass is 10.1. The molecule has 0 saturated carbocycles. The van der Waals surface area contributed by atoms with Crippen molar-refractivity contribution in [1.82, 2.24) is 9.36 Å². The number of nitrogens with zero attached hydrogens (tertiary/aromatic N) is 5. The van der Waals surface area contributed by atoms with E-state index < -0.39 is 38.7 Å². The lowest BCUT2D eigenvalue weighted by molar-refractivity contribution is -0.394.